The molecule has 1 aliphatic carbocycles. The number of hydrogen-bond acceptors (Lipinski definition) is 2. The van der Waals surface area contributed by atoms with E-state index in [-0.39, 0.29) is 35.9 Å². The van der Waals surface area contributed by atoms with E-state index in [1.54, 1.807) is 41.4 Å². The van der Waals surface area contributed by atoms with Gasteiger partial charge in [0, 0.05) is 17.8 Å². The van der Waals surface area contributed by atoms with E-state index in [4.69, 9.17) is 0 Å². The lowest BCUT2D eigenvalue weighted by Gasteiger charge is -2.23. The number of nitrogens with zero attached hydrogens (tertiary/aromatic N) is 2. The molecule has 2 aromatic carbocycles. The molecule has 1 aliphatic rings. The highest BCUT2D eigenvalue weighted by Gasteiger charge is 2.47. The van der Waals surface area contributed by atoms with Gasteiger partial charge in [0.1, 0.15) is 11.6 Å². The van der Waals surface area contributed by atoms with Crippen molar-refractivity contribution in [2.24, 2.45) is 5.92 Å². The van der Waals surface area contributed by atoms with Crippen LogP contribution in [0.2, 0.25) is 0 Å². The fourth-order valence-corrected chi connectivity index (χ4v) is 3.36. The van der Waals surface area contributed by atoms with Crippen molar-refractivity contribution in [2.75, 3.05) is 4.90 Å². The van der Waals surface area contributed by atoms with Crippen molar-refractivity contribution in [1.82, 2.24) is 4.98 Å². The van der Waals surface area contributed by atoms with Crippen molar-refractivity contribution in [3.8, 4) is 0 Å². The van der Waals surface area contributed by atoms with Gasteiger partial charge in [0.25, 0.3) is 0 Å². The van der Waals surface area contributed by atoms with Crippen LogP contribution < -0.4 is 4.90 Å². The molecule has 0 bridgehead atoms. The first-order valence-electron chi connectivity index (χ1n) is 8.85. The maximum Gasteiger partial charge on any atom is 0.231 e. The summed E-state index contributed by atoms with van der Waals surface area (Å²) in [4.78, 5) is 19.1. The third-order valence-electron chi connectivity index (χ3n) is 4.86. The van der Waals surface area contributed by atoms with Gasteiger partial charge < -0.3 is 4.90 Å². The number of pyridine rings is 1. The highest BCUT2D eigenvalue weighted by molar-refractivity contribution is 5.97. The average molecular weight is 364 g/mol. The molecule has 0 aliphatic heterocycles. The number of rotatable bonds is 5. The third-order valence-corrected chi connectivity index (χ3v) is 4.86. The minimum atomic E-state index is -0.361. The van der Waals surface area contributed by atoms with Crippen LogP contribution in [0.3, 0.4) is 0 Å². The second-order valence-corrected chi connectivity index (χ2v) is 6.69. The normalized spacial score (nSPS) is 18.1. The highest BCUT2D eigenvalue weighted by atomic mass is 19.1. The Morgan fingerprint density at radius 1 is 1.00 bits per heavy atom. The summed E-state index contributed by atoms with van der Waals surface area (Å²) < 4.78 is 27.4. The van der Waals surface area contributed by atoms with Gasteiger partial charge in [-0.2, -0.15) is 0 Å². The lowest BCUT2D eigenvalue weighted by Crippen LogP contribution is -2.32. The first-order valence-corrected chi connectivity index (χ1v) is 8.85. The van der Waals surface area contributed by atoms with Crippen LogP contribution in [0.1, 0.15) is 23.6 Å². The van der Waals surface area contributed by atoms with Gasteiger partial charge in [0.15, 0.2) is 0 Å². The SMILES string of the molecule is O=C([C@H]1C[C@H]1c1ccccc1F)N(Cc1ccccn1)c1ccc(F)cc1. The second-order valence-electron chi connectivity index (χ2n) is 6.69. The number of benzene rings is 2. The molecular formula is C22H18F2N2O. The zero-order valence-corrected chi connectivity index (χ0v) is 14.6. The van der Waals surface area contributed by atoms with Crippen molar-refractivity contribution in [3.05, 3.63) is 95.8 Å². The van der Waals surface area contributed by atoms with Crippen LogP contribution in [0.5, 0.6) is 0 Å². The number of aromatic nitrogens is 1. The summed E-state index contributed by atoms with van der Waals surface area (Å²) in [5, 5.41) is 0. The van der Waals surface area contributed by atoms with E-state index in [9.17, 15) is 13.6 Å². The number of hydrogen-bond donors (Lipinski definition) is 0. The standard InChI is InChI=1S/C22H18F2N2O/c23-15-8-10-17(11-9-15)26(14-16-5-3-4-12-25-16)22(27)20-13-19(20)18-6-1-2-7-21(18)24/h1-12,19-20H,13-14H2/t19-,20-/m0/s1. The molecule has 0 radical (unpaired) electrons. The fraction of sp³-hybridized carbons (Fsp3) is 0.182. The Kier molecular flexibility index (Phi) is 4.67. The van der Waals surface area contributed by atoms with Gasteiger partial charge in [-0.3, -0.25) is 9.78 Å². The Morgan fingerprint density at radius 3 is 2.44 bits per heavy atom. The molecule has 1 amide bonds. The first kappa shape index (κ1) is 17.3. The summed E-state index contributed by atoms with van der Waals surface area (Å²) in [7, 11) is 0. The largest absolute Gasteiger partial charge is 0.306 e. The van der Waals surface area contributed by atoms with Gasteiger partial charge >= 0.3 is 0 Å². The highest BCUT2D eigenvalue weighted by Crippen LogP contribution is 2.49. The van der Waals surface area contributed by atoms with Gasteiger partial charge in [0.05, 0.1) is 12.2 Å². The molecule has 0 spiro atoms. The third kappa shape index (κ3) is 3.72. The molecule has 0 saturated heterocycles. The smallest absolute Gasteiger partial charge is 0.231 e. The lowest BCUT2D eigenvalue weighted by molar-refractivity contribution is -0.120. The van der Waals surface area contributed by atoms with Gasteiger partial charge in [0.2, 0.25) is 5.91 Å². The molecule has 4 rings (SSSR count). The molecular weight excluding hydrogens is 346 g/mol. The zero-order chi connectivity index (χ0) is 18.8. The number of anilines is 1. The van der Waals surface area contributed by atoms with Gasteiger partial charge in [-0.15, -0.1) is 0 Å². The van der Waals surface area contributed by atoms with Crippen LogP contribution in [0.15, 0.2) is 72.9 Å². The summed E-state index contributed by atoms with van der Waals surface area (Å²) in [5.41, 5.74) is 1.91. The molecule has 0 N–H and O–H groups in total. The molecule has 1 saturated carbocycles. The predicted octanol–water partition coefficient (Wildman–Crippen LogP) is 4.70. The minimum absolute atomic E-state index is 0.0967. The Morgan fingerprint density at radius 2 is 1.74 bits per heavy atom. The summed E-state index contributed by atoms with van der Waals surface area (Å²) in [5.74, 6) is -1.14. The van der Waals surface area contributed by atoms with Crippen molar-refractivity contribution in [1.29, 1.82) is 0 Å². The molecule has 3 nitrogen and oxygen atoms in total. The quantitative estimate of drug-likeness (QED) is 0.658. The van der Waals surface area contributed by atoms with Crippen LogP contribution in [0.25, 0.3) is 0 Å². The molecule has 2 atom stereocenters. The van der Waals surface area contributed by atoms with Crippen LogP contribution in [0.4, 0.5) is 14.5 Å². The van der Waals surface area contributed by atoms with Gasteiger partial charge in [-0.25, -0.2) is 8.78 Å². The zero-order valence-electron chi connectivity index (χ0n) is 14.6. The molecule has 1 aromatic heterocycles. The summed E-state index contributed by atoms with van der Waals surface area (Å²) in [6, 6.07) is 17.9. The monoisotopic (exact) mass is 364 g/mol. The molecule has 27 heavy (non-hydrogen) atoms. The van der Waals surface area contributed by atoms with E-state index in [0.717, 1.165) is 5.69 Å². The van der Waals surface area contributed by atoms with Crippen molar-refractivity contribution in [3.63, 3.8) is 0 Å². The topological polar surface area (TPSA) is 33.2 Å². The number of halogens is 2. The van der Waals surface area contributed by atoms with E-state index < -0.39 is 0 Å². The van der Waals surface area contributed by atoms with Crippen LogP contribution >= 0.6 is 0 Å². The molecule has 136 valence electrons. The summed E-state index contributed by atoms with van der Waals surface area (Å²) in [6.45, 7) is 0.284. The Balaban J connectivity index is 1.60. The number of carbonyl (C=O) groups is 1. The van der Waals surface area contributed by atoms with Crippen LogP contribution in [-0.4, -0.2) is 10.9 Å². The number of amides is 1. The summed E-state index contributed by atoms with van der Waals surface area (Å²) in [6.07, 6.45) is 2.28. The Labute approximate surface area is 156 Å². The van der Waals surface area contributed by atoms with E-state index in [2.05, 4.69) is 4.98 Å². The maximum absolute atomic E-state index is 14.1. The fourth-order valence-electron chi connectivity index (χ4n) is 3.36. The van der Waals surface area contributed by atoms with Gasteiger partial charge in [-0.05, 0) is 60.4 Å². The van der Waals surface area contributed by atoms with E-state index in [1.165, 1.54) is 18.2 Å². The molecule has 5 heteroatoms. The van der Waals surface area contributed by atoms with E-state index in [1.807, 2.05) is 18.2 Å². The molecule has 0 unspecified atom stereocenters. The second kappa shape index (κ2) is 7.27. The maximum atomic E-state index is 14.1. The number of carbonyl (C=O) groups excluding carboxylic acids is 1. The lowest BCUT2D eigenvalue weighted by atomic mass is 10.1. The summed E-state index contributed by atoms with van der Waals surface area (Å²) >= 11 is 0. The molecule has 1 fully saturated rings. The van der Waals surface area contributed by atoms with E-state index in [0.29, 0.717) is 17.7 Å². The van der Waals surface area contributed by atoms with Crippen molar-refractivity contribution < 1.29 is 13.6 Å². The molecule has 3 aromatic rings. The first-order chi connectivity index (χ1) is 13.1. The molecule has 1 heterocycles. The Hall–Kier alpha value is -3.08. The van der Waals surface area contributed by atoms with E-state index >= 15 is 0 Å². The van der Waals surface area contributed by atoms with Gasteiger partial charge in [-0.1, -0.05) is 24.3 Å². The van der Waals surface area contributed by atoms with Crippen LogP contribution in [0, 0.1) is 17.6 Å². The van der Waals surface area contributed by atoms with Crippen molar-refractivity contribution >= 4 is 11.6 Å². The predicted molar refractivity (Wildman–Crippen MR) is 99.1 cm³/mol. The Bertz CT molecular complexity index is 944. The minimum Gasteiger partial charge on any atom is -0.306 e. The van der Waals surface area contributed by atoms with Crippen LogP contribution in [-0.2, 0) is 11.3 Å². The average Bonchev–Trinajstić information content (AvgIpc) is 3.48. The van der Waals surface area contributed by atoms with Crippen molar-refractivity contribution in [2.45, 2.75) is 18.9 Å².